The second kappa shape index (κ2) is 7.22. The van der Waals surface area contributed by atoms with E-state index < -0.39 is 23.6 Å². The lowest BCUT2D eigenvalue weighted by Gasteiger charge is -2.14. The van der Waals surface area contributed by atoms with E-state index in [-0.39, 0.29) is 22.5 Å². The molecule has 3 aromatic rings. The largest absolute Gasteiger partial charge is 0.468 e. The first-order valence-electron chi connectivity index (χ1n) is 7.20. The Kier molecular flexibility index (Phi) is 5.43. The van der Waals surface area contributed by atoms with Crippen LogP contribution in [-0.4, -0.2) is 23.0 Å². The van der Waals surface area contributed by atoms with Crippen LogP contribution in [-0.2, 0) is 21.9 Å². The van der Waals surface area contributed by atoms with Crippen molar-refractivity contribution in [1.82, 2.24) is 9.97 Å². The summed E-state index contributed by atoms with van der Waals surface area (Å²) in [5.41, 5.74) is -3.12. The summed E-state index contributed by atoms with van der Waals surface area (Å²) in [5.74, 6) is 0. The first-order valence-corrected chi connectivity index (χ1v) is 7.20. The van der Waals surface area contributed by atoms with E-state index in [0.29, 0.717) is 18.5 Å². The summed E-state index contributed by atoms with van der Waals surface area (Å²) in [7, 11) is 0. The fraction of sp³-hybridized carbons (Fsp3) is 0.250. The molecule has 10 heteroatoms. The molecule has 0 radical (unpaired) electrons. The Hall–Kier alpha value is -2.78. The number of nitrogens with zero attached hydrogens (tertiary/aromatic N) is 1. The molecule has 0 spiro atoms. The number of hydrogen-bond donors (Lipinski definition) is 1. The minimum Gasteiger partial charge on any atom is -0.468 e. The SMILES string of the molecule is CCOC=O.FC(F)(F)c1cc(C(F)(F)F)c2ccc3cc[nH]c3c2n1. The minimum absolute atomic E-state index is 0.0388. The van der Waals surface area contributed by atoms with E-state index in [0.717, 1.165) is 6.07 Å². The van der Waals surface area contributed by atoms with Crippen molar-refractivity contribution in [2.75, 3.05) is 6.61 Å². The van der Waals surface area contributed by atoms with E-state index >= 15 is 0 Å². The van der Waals surface area contributed by atoms with E-state index in [1.165, 1.54) is 12.3 Å². The van der Waals surface area contributed by atoms with E-state index in [1.54, 1.807) is 13.0 Å². The van der Waals surface area contributed by atoms with E-state index in [9.17, 15) is 31.1 Å². The number of aromatic nitrogens is 2. The van der Waals surface area contributed by atoms with Gasteiger partial charge in [0, 0.05) is 17.0 Å². The molecular formula is C16H12F6N2O2. The molecule has 1 aromatic carbocycles. The van der Waals surface area contributed by atoms with Gasteiger partial charge in [0.1, 0.15) is 5.69 Å². The number of H-pyrrole nitrogens is 1. The van der Waals surface area contributed by atoms with E-state index in [4.69, 9.17) is 0 Å². The number of fused-ring (bicyclic) bond motifs is 3. The van der Waals surface area contributed by atoms with Crippen LogP contribution >= 0.6 is 0 Å². The van der Waals surface area contributed by atoms with Gasteiger partial charge in [0.15, 0.2) is 0 Å². The summed E-state index contributed by atoms with van der Waals surface area (Å²) < 4.78 is 81.5. The maximum absolute atomic E-state index is 13.0. The molecule has 0 atom stereocenters. The molecule has 26 heavy (non-hydrogen) atoms. The van der Waals surface area contributed by atoms with Crippen LogP contribution in [0.1, 0.15) is 18.2 Å². The first kappa shape index (κ1) is 19.5. The molecule has 1 N–H and O–H groups in total. The van der Waals surface area contributed by atoms with Crippen LogP contribution in [0.15, 0.2) is 30.5 Å². The summed E-state index contributed by atoms with van der Waals surface area (Å²) in [6, 6.07) is 4.11. The highest BCUT2D eigenvalue weighted by molar-refractivity contribution is 6.04. The summed E-state index contributed by atoms with van der Waals surface area (Å²) >= 11 is 0. The number of rotatable bonds is 2. The van der Waals surface area contributed by atoms with Gasteiger partial charge in [-0.15, -0.1) is 0 Å². The monoisotopic (exact) mass is 378 g/mol. The Morgan fingerprint density at radius 3 is 2.31 bits per heavy atom. The van der Waals surface area contributed by atoms with Crippen molar-refractivity contribution in [3.63, 3.8) is 0 Å². The van der Waals surface area contributed by atoms with Gasteiger partial charge in [0.25, 0.3) is 6.47 Å². The van der Waals surface area contributed by atoms with Crippen molar-refractivity contribution in [3.8, 4) is 0 Å². The van der Waals surface area contributed by atoms with Crippen molar-refractivity contribution in [2.24, 2.45) is 0 Å². The number of alkyl halides is 6. The molecule has 0 saturated heterocycles. The van der Waals surface area contributed by atoms with E-state index in [2.05, 4.69) is 14.7 Å². The highest BCUT2D eigenvalue weighted by Gasteiger charge is 2.39. The zero-order chi connectivity index (χ0) is 19.5. The highest BCUT2D eigenvalue weighted by atomic mass is 19.4. The van der Waals surface area contributed by atoms with Gasteiger partial charge >= 0.3 is 12.4 Å². The predicted octanol–water partition coefficient (Wildman–Crippen LogP) is 4.93. The maximum atomic E-state index is 13.0. The van der Waals surface area contributed by atoms with Crippen molar-refractivity contribution in [3.05, 3.63) is 41.7 Å². The standard InChI is InChI=1S/C13H6F6N2.C3H6O2/c14-12(15,16)8-5-9(13(17,18)19)21-11-7(8)2-1-6-3-4-20-10(6)11;1-2-5-3-4/h1-5,20H;3H,2H2,1H3. The Morgan fingerprint density at radius 1 is 1.12 bits per heavy atom. The second-order valence-corrected chi connectivity index (χ2v) is 5.01. The van der Waals surface area contributed by atoms with Gasteiger partial charge in [-0.2, -0.15) is 26.3 Å². The van der Waals surface area contributed by atoms with Crippen LogP contribution in [0.3, 0.4) is 0 Å². The fourth-order valence-corrected chi connectivity index (χ4v) is 2.26. The summed E-state index contributed by atoms with van der Waals surface area (Å²) in [6.07, 6.45) is -8.43. The van der Waals surface area contributed by atoms with Gasteiger partial charge in [-0.25, -0.2) is 4.98 Å². The molecule has 0 unspecified atom stereocenters. The van der Waals surface area contributed by atoms with Crippen LogP contribution in [0.5, 0.6) is 0 Å². The average Bonchev–Trinajstić information content (AvgIpc) is 3.02. The van der Waals surface area contributed by atoms with Crippen LogP contribution in [0.2, 0.25) is 0 Å². The molecule has 140 valence electrons. The van der Waals surface area contributed by atoms with Crippen LogP contribution in [0.25, 0.3) is 21.8 Å². The van der Waals surface area contributed by atoms with Gasteiger partial charge in [-0.1, -0.05) is 12.1 Å². The number of aromatic amines is 1. The zero-order valence-electron chi connectivity index (χ0n) is 13.2. The molecule has 4 nitrogen and oxygen atoms in total. The Bertz CT molecular complexity index is 915. The number of benzene rings is 1. The van der Waals surface area contributed by atoms with E-state index in [1.807, 2.05) is 0 Å². The van der Waals surface area contributed by atoms with Crippen molar-refractivity contribution < 1.29 is 35.9 Å². The normalized spacial score (nSPS) is 12.0. The molecule has 0 saturated carbocycles. The molecule has 0 aliphatic rings. The topological polar surface area (TPSA) is 55.0 Å². The molecule has 0 aliphatic heterocycles. The number of halogens is 6. The van der Waals surface area contributed by atoms with Gasteiger partial charge in [-0.05, 0) is 19.1 Å². The quantitative estimate of drug-likeness (QED) is 0.508. The Balaban J connectivity index is 0.000000431. The molecule has 3 rings (SSSR count). The lowest BCUT2D eigenvalue weighted by Crippen LogP contribution is -2.13. The van der Waals surface area contributed by atoms with Gasteiger partial charge in [0.2, 0.25) is 0 Å². The third-order valence-electron chi connectivity index (χ3n) is 3.33. The molecule has 2 heterocycles. The number of hydrogen-bond acceptors (Lipinski definition) is 3. The van der Waals surface area contributed by atoms with Gasteiger partial charge in [0.05, 0.1) is 23.2 Å². The third-order valence-corrected chi connectivity index (χ3v) is 3.33. The van der Waals surface area contributed by atoms with Gasteiger partial charge < -0.3 is 9.72 Å². The number of carbonyl (C=O) groups excluding carboxylic acids is 1. The number of nitrogens with one attached hydrogen (secondary N) is 1. The minimum atomic E-state index is -4.96. The summed E-state index contributed by atoms with van der Waals surface area (Å²) in [5, 5.41) is 0.118. The number of ether oxygens (including phenoxy) is 1. The average molecular weight is 378 g/mol. The maximum Gasteiger partial charge on any atom is 0.433 e. The second-order valence-electron chi connectivity index (χ2n) is 5.01. The van der Waals surface area contributed by atoms with Gasteiger partial charge in [-0.3, -0.25) is 4.79 Å². The Labute approximate surface area is 142 Å². The predicted molar refractivity (Wildman–Crippen MR) is 81.3 cm³/mol. The molecule has 0 bridgehead atoms. The molecule has 0 fully saturated rings. The van der Waals surface area contributed by atoms with Crippen molar-refractivity contribution in [2.45, 2.75) is 19.3 Å². The van der Waals surface area contributed by atoms with Crippen LogP contribution in [0.4, 0.5) is 26.3 Å². The Morgan fingerprint density at radius 2 is 1.81 bits per heavy atom. The van der Waals surface area contributed by atoms with Crippen LogP contribution < -0.4 is 0 Å². The molecule has 2 aromatic heterocycles. The third kappa shape index (κ3) is 4.06. The summed E-state index contributed by atoms with van der Waals surface area (Å²) in [4.78, 5) is 15.2. The first-order chi connectivity index (χ1) is 12.1. The lowest BCUT2D eigenvalue weighted by atomic mass is 10.0. The number of carbonyl (C=O) groups is 1. The summed E-state index contributed by atoms with van der Waals surface area (Å²) in [6.45, 7) is 2.66. The molecule has 0 aliphatic carbocycles. The fourth-order valence-electron chi connectivity index (χ4n) is 2.26. The molecular weight excluding hydrogens is 366 g/mol. The smallest absolute Gasteiger partial charge is 0.433 e. The highest BCUT2D eigenvalue weighted by Crippen LogP contribution is 2.39. The molecule has 0 amide bonds. The number of pyridine rings is 1. The van der Waals surface area contributed by atoms with Crippen molar-refractivity contribution >= 4 is 28.3 Å². The van der Waals surface area contributed by atoms with Crippen molar-refractivity contribution in [1.29, 1.82) is 0 Å². The lowest BCUT2D eigenvalue weighted by molar-refractivity contribution is -0.144. The zero-order valence-corrected chi connectivity index (χ0v) is 13.2. The van der Waals surface area contributed by atoms with Crippen LogP contribution in [0, 0.1) is 0 Å².